The molecule has 12 heteroatoms. The number of aromatic nitrogens is 2. The SMILES string of the molecule is Cc1ccc(C(=O)Nc2cc(N3CCC(N(C)C)CC3)c(C)c(C(F)(F)F)c2)cc1N1C=C(c2cnn(C)c2C)N(C)N1. The molecule has 2 aromatic carbocycles. The van der Waals surface area contributed by atoms with Crippen LogP contribution in [-0.4, -0.2) is 65.9 Å². The molecule has 0 bridgehead atoms. The summed E-state index contributed by atoms with van der Waals surface area (Å²) in [4.78, 5) is 17.6. The lowest BCUT2D eigenvalue weighted by atomic mass is 9.99. The Morgan fingerprint density at radius 3 is 2.35 bits per heavy atom. The second kappa shape index (κ2) is 11.6. The van der Waals surface area contributed by atoms with Crippen LogP contribution in [0.3, 0.4) is 0 Å². The molecule has 43 heavy (non-hydrogen) atoms. The summed E-state index contributed by atoms with van der Waals surface area (Å²) in [7, 11) is 7.82. The van der Waals surface area contributed by atoms with E-state index in [0.29, 0.717) is 30.4 Å². The van der Waals surface area contributed by atoms with Gasteiger partial charge in [0.1, 0.15) is 0 Å². The Hall–Kier alpha value is -4.03. The molecule has 0 aliphatic carbocycles. The number of nitrogens with one attached hydrogen (secondary N) is 2. The maximum atomic E-state index is 14.1. The number of carbonyl (C=O) groups is 1. The minimum atomic E-state index is -4.55. The van der Waals surface area contributed by atoms with E-state index in [-0.39, 0.29) is 11.3 Å². The van der Waals surface area contributed by atoms with Crippen LogP contribution in [-0.2, 0) is 13.2 Å². The van der Waals surface area contributed by atoms with Gasteiger partial charge in [0.2, 0.25) is 0 Å². The van der Waals surface area contributed by atoms with Crippen LogP contribution in [0.15, 0.2) is 42.7 Å². The van der Waals surface area contributed by atoms with Gasteiger partial charge in [0.25, 0.3) is 5.91 Å². The molecule has 1 fully saturated rings. The molecule has 3 heterocycles. The highest BCUT2D eigenvalue weighted by atomic mass is 19.4. The van der Waals surface area contributed by atoms with Gasteiger partial charge in [-0.1, -0.05) is 6.07 Å². The molecule has 0 unspecified atom stereocenters. The number of aryl methyl sites for hydroxylation is 2. The van der Waals surface area contributed by atoms with Crippen LogP contribution in [0, 0.1) is 20.8 Å². The van der Waals surface area contributed by atoms with Gasteiger partial charge in [-0.3, -0.25) is 19.5 Å². The largest absolute Gasteiger partial charge is 0.416 e. The third-order valence-corrected chi connectivity index (χ3v) is 8.59. The van der Waals surface area contributed by atoms with Crippen LogP contribution in [0.1, 0.15) is 51.1 Å². The third-order valence-electron chi connectivity index (χ3n) is 8.59. The number of rotatable bonds is 6. The average Bonchev–Trinajstić information content (AvgIpc) is 3.49. The van der Waals surface area contributed by atoms with Crippen LogP contribution in [0.25, 0.3) is 5.70 Å². The van der Waals surface area contributed by atoms with Crippen molar-refractivity contribution in [3.63, 3.8) is 0 Å². The van der Waals surface area contributed by atoms with Gasteiger partial charge in [-0.15, -0.1) is 5.53 Å². The zero-order valence-corrected chi connectivity index (χ0v) is 25.7. The number of hydrogen-bond acceptors (Lipinski definition) is 7. The first-order valence-corrected chi connectivity index (χ1v) is 14.3. The van der Waals surface area contributed by atoms with Gasteiger partial charge in [-0.2, -0.15) is 18.3 Å². The summed E-state index contributed by atoms with van der Waals surface area (Å²) < 4.78 is 44.2. The van der Waals surface area contributed by atoms with Crippen molar-refractivity contribution in [3.8, 4) is 0 Å². The van der Waals surface area contributed by atoms with Gasteiger partial charge in [-0.25, -0.2) is 0 Å². The molecule has 1 aromatic heterocycles. The van der Waals surface area contributed by atoms with Gasteiger partial charge in [0.05, 0.1) is 23.1 Å². The number of benzene rings is 2. The second-order valence-corrected chi connectivity index (χ2v) is 11.6. The molecule has 2 aliphatic heterocycles. The van der Waals surface area contributed by atoms with E-state index >= 15 is 0 Å². The predicted molar refractivity (Wildman–Crippen MR) is 164 cm³/mol. The molecule has 0 saturated carbocycles. The fraction of sp³-hybridized carbons (Fsp3) is 0.419. The lowest BCUT2D eigenvalue weighted by Crippen LogP contribution is -2.42. The third kappa shape index (κ3) is 6.07. The van der Waals surface area contributed by atoms with Gasteiger partial charge >= 0.3 is 6.18 Å². The minimum Gasteiger partial charge on any atom is -0.371 e. The van der Waals surface area contributed by atoms with Crippen molar-refractivity contribution in [1.82, 2.24) is 25.2 Å². The Balaban J connectivity index is 1.42. The summed E-state index contributed by atoms with van der Waals surface area (Å²) in [5.41, 5.74) is 8.16. The van der Waals surface area contributed by atoms with E-state index in [1.807, 2.05) is 69.2 Å². The summed E-state index contributed by atoms with van der Waals surface area (Å²) in [5, 5.41) is 10.8. The topological polar surface area (TPSA) is 71.9 Å². The van der Waals surface area contributed by atoms with Crippen LogP contribution in [0.2, 0.25) is 0 Å². The number of piperidine rings is 1. The molecule has 0 radical (unpaired) electrons. The van der Waals surface area contributed by atoms with E-state index in [2.05, 4.69) is 20.9 Å². The zero-order chi connectivity index (χ0) is 31.2. The van der Waals surface area contributed by atoms with E-state index in [0.717, 1.165) is 47.1 Å². The summed E-state index contributed by atoms with van der Waals surface area (Å²) in [6.07, 6.45) is 0.882. The highest BCUT2D eigenvalue weighted by Gasteiger charge is 2.35. The Morgan fingerprint density at radius 1 is 1.05 bits per heavy atom. The zero-order valence-electron chi connectivity index (χ0n) is 25.7. The summed E-state index contributed by atoms with van der Waals surface area (Å²) in [6, 6.07) is 8.31. The van der Waals surface area contributed by atoms with Crippen molar-refractivity contribution >= 4 is 28.7 Å². The Morgan fingerprint density at radius 2 is 1.74 bits per heavy atom. The van der Waals surface area contributed by atoms with E-state index in [1.165, 1.54) is 6.92 Å². The highest BCUT2D eigenvalue weighted by molar-refractivity contribution is 6.05. The van der Waals surface area contributed by atoms with E-state index in [9.17, 15) is 18.0 Å². The number of carbonyl (C=O) groups excluding carboxylic acids is 1. The van der Waals surface area contributed by atoms with Crippen LogP contribution in [0.4, 0.5) is 30.2 Å². The Labute approximate surface area is 250 Å². The lowest BCUT2D eigenvalue weighted by Gasteiger charge is -2.37. The molecule has 1 amide bonds. The molecule has 5 rings (SSSR count). The maximum Gasteiger partial charge on any atom is 0.416 e. The highest BCUT2D eigenvalue weighted by Crippen LogP contribution is 2.39. The smallest absolute Gasteiger partial charge is 0.371 e. The first kappa shape index (κ1) is 30.4. The summed E-state index contributed by atoms with van der Waals surface area (Å²) in [5.74, 6) is -0.490. The average molecular weight is 597 g/mol. The van der Waals surface area contributed by atoms with Crippen LogP contribution < -0.4 is 20.8 Å². The molecule has 0 spiro atoms. The standard InChI is InChI=1S/C31H39F3N8O/c1-19-8-9-22(14-27(19)42-18-29(40(7)37-42)25-17-35-39(6)21(25)3)30(43)36-23-15-26(31(32,33)34)20(2)28(16-23)41-12-10-24(11-13-41)38(4)5/h8-9,14-18,24,37H,10-13H2,1-7H3,(H,36,43). The van der Waals surface area contributed by atoms with Crippen molar-refractivity contribution in [2.75, 3.05) is 49.5 Å². The van der Waals surface area contributed by atoms with E-state index in [4.69, 9.17) is 0 Å². The fourth-order valence-electron chi connectivity index (χ4n) is 5.81. The number of halogens is 3. The molecule has 2 aliphatic rings. The Kier molecular flexibility index (Phi) is 8.19. The Bertz CT molecular complexity index is 1550. The van der Waals surface area contributed by atoms with Crippen molar-refractivity contribution in [1.29, 1.82) is 0 Å². The normalized spacial score (nSPS) is 16.3. The number of anilines is 3. The van der Waals surface area contributed by atoms with Crippen molar-refractivity contribution < 1.29 is 18.0 Å². The monoisotopic (exact) mass is 596 g/mol. The first-order chi connectivity index (χ1) is 20.2. The van der Waals surface area contributed by atoms with Crippen molar-refractivity contribution in [2.24, 2.45) is 7.05 Å². The van der Waals surface area contributed by atoms with Gasteiger partial charge in [-0.05, 0) is 83.1 Å². The second-order valence-electron chi connectivity index (χ2n) is 11.6. The number of alkyl halides is 3. The van der Waals surface area contributed by atoms with Gasteiger partial charge in [0.15, 0.2) is 0 Å². The number of hydrogen-bond donors (Lipinski definition) is 2. The minimum absolute atomic E-state index is 0.114. The lowest BCUT2D eigenvalue weighted by molar-refractivity contribution is -0.138. The van der Waals surface area contributed by atoms with Gasteiger partial charge < -0.3 is 15.1 Å². The predicted octanol–water partition coefficient (Wildman–Crippen LogP) is 5.32. The molecule has 1 saturated heterocycles. The number of nitrogens with zero attached hydrogens (tertiary/aromatic N) is 6. The molecular weight excluding hydrogens is 557 g/mol. The van der Waals surface area contributed by atoms with E-state index < -0.39 is 17.6 Å². The molecule has 9 nitrogen and oxygen atoms in total. The maximum absolute atomic E-state index is 14.1. The number of amides is 1. The first-order valence-electron chi connectivity index (χ1n) is 14.3. The molecule has 0 atom stereocenters. The van der Waals surface area contributed by atoms with Gasteiger partial charge in [0, 0.05) is 67.6 Å². The summed E-state index contributed by atoms with van der Waals surface area (Å²) in [6.45, 7) is 6.71. The van der Waals surface area contributed by atoms with Crippen LogP contribution in [0.5, 0.6) is 0 Å². The van der Waals surface area contributed by atoms with E-state index in [1.54, 1.807) is 29.1 Å². The molecule has 3 aromatic rings. The molecular formula is C31H39F3N8O. The number of hydrazine groups is 2. The summed E-state index contributed by atoms with van der Waals surface area (Å²) >= 11 is 0. The van der Waals surface area contributed by atoms with Crippen LogP contribution >= 0.6 is 0 Å². The molecule has 2 N–H and O–H groups in total. The van der Waals surface area contributed by atoms with Crippen molar-refractivity contribution in [2.45, 2.75) is 45.8 Å². The molecule has 230 valence electrons. The fourth-order valence-corrected chi connectivity index (χ4v) is 5.81. The quantitative estimate of drug-likeness (QED) is 0.399. The van der Waals surface area contributed by atoms with Crippen molar-refractivity contribution in [3.05, 3.63) is 76.2 Å².